The zero-order chi connectivity index (χ0) is 14.6. The van der Waals surface area contributed by atoms with Gasteiger partial charge in [-0.2, -0.15) is 0 Å². The van der Waals surface area contributed by atoms with Crippen LogP contribution in [0.1, 0.15) is 43.7 Å². The van der Waals surface area contributed by atoms with Crippen molar-refractivity contribution in [2.45, 2.75) is 43.7 Å². The first-order chi connectivity index (χ1) is 9.66. The summed E-state index contributed by atoms with van der Waals surface area (Å²) in [6.07, 6.45) is 5.09. The third-order valence-electron chi connectivity index (χ3n) is 4.32. The van der Waals surface area contributed by atoms with Crippen LogP contribution in [0.5, 0.6) is 5.75 Å². The average molecular weight is 282 g/mol. The number of nitrogens with one attached hydrogen (secondary N) is 1. The quantitative estimate of drug-likeness (QED) is 0.644. The molecule has 1 aliphatic carbocycles. The molecule has 3 N–H and O–H groups in total. The number of rotatable bonds is 5. The molecule has 1 aromatic carbocycles. The first-order valence-electron chi connectivity index (χ1n) is 7.01. The maximum atomic E-state index is 14.3. The van der Waals surface area contributed by atoms with Crippen LogP contribution in [0.4, 0.5) is 4.39 Å². The SMILES string of the molecule is COc1ccc(C(NN)C2(OC)CCCCC2)c(F)c1. The number of halogens is 1. The number of hydrazine groups is 1. The minimum atomic E-state index is -0.442. The molecule has 0 heterocycles. The lowest BCUT2D eigenvalue weighted by Crippen LogP contribution is -2.49. The summed E-state index contributed by atoms with van der Waals surface area (Å²) in [4.78, 5) is 0. The standard InChI is InChI=1S/C15H23FN2O2/c1-19-11-6-7-12(13(16)10-11)14(18-17)15(20-2)8-4-3-5-9-15/h6-7,10,14,18H,3-5,8-9,17H2,1-2H3. The van der Waals surface area contributed by atoms with Gasteiger partial charge in [-0.15, -0.1) is 0 Å². The number of hydrogen-bond acceptors (Lipinski definition) is 4. The lowest BCUT2D eigenvalue weighted by molar-refractivity contribution is -0.0696. The van der Waals surface area contributed by atoms with E-state index in [9.17, 15) is 4.39 Å². The molecule has 1 fully saturated rings. The molecule has 1 atom stereocenters. The number of hydrogen-bond donors (Lipinski definition) is 2. The third-order valence-corrected chi connectivity index (χ3v) is 4.32. The Morgan fingerprint density at radius 2 is 1.95 bits per heavy atom. The molecule has 20 heavy (non-hydrogen) atoms. The molecule has 0 amide bonds. The minimum absolute atomic E-state index is 0.325. The molecule has 1 aliphatic rings. The maximum absolute atomic E-state index is 14.3. The van der Waals surface area contributed by atoms with Crippen LogP contribution in [0.2, 0.25) is 0 Å². The molecule has 1 saturated carbocycles. The Morgan fingerprint density at radius 3 is 2.45 bits per heavy atom. The summed E-state index contributed by atoms with van der Waals surface area (Å²) in [7, 11) is 3.20. The smallest absolute Gasteiger partial charge is 0.131 e. The van der Waals surface area contributed by atoms with Crippen molar-refractivity contribution in [1.29, 1.82) is 0 Å². The van der Waals surface area contributed by atoms with E-state index >= 15 is 0 Å². The van der Waals surface area contributed by atoms with Crippen molar-refractivity contribution < 1.29 is 13.9 Å². The normalized spacial score (nSPS) is 19.6. The van der Waals surface area contributed by atoms with Crippen LogP contribution in [-0.2, 0) is 4.74 Å². The van der Waals surface area contributed by atoms with E-state index < -0.39 is 5.60 Å². The monoisotopic (exact) mass is 282 g/mol. The van der Waals surface area contributed by atoms with E-state index in [1.165, 1.54) is 19.6 Å². The van der Waals surface area contributed by atoms with E-state index in [0.717, 1.165) is 25.7 Å². The van der Waals surface area contributed by atoms with E-state index in [-0.39, 0.29) is 11.9 Å². The third kappa shape index (κ3) is 2.80. The number of ether oxygens (including phenoxy) is 2. The summed E-state index contributed by atoms with van der Waals surface area (Å²) in [5, 5.41) is 0. The molecule has 2 rings (SSSR count). The van der Waals surface area contributed by atoms with E-state index in [0.29, 0.717) is 11.3 Å². The zero-order valence-corrected chi connectivity index (χ0v) is 12.1. The highest BCUT2D eigenvalue weighted by Gasteiger charge is 2.41. The first kappa shape index (κ1) is 15.2. The molecule has 0 spiro atoms. The van der Waals surface area contributed by atoms with Gasteiger partial charge in [0.2, 0.25) is 0 Å². The predicted octanol–water partition coefficient (Wildman–Crippen LogP) is 2.69. The van der Waals surface area contributed by atoms with Gasteiger partial charge >= 0.3 is 0 Å². The van der Waals surface area contributed by atoms with Crippen LogP contribution in [-0.4, -0.2) is 19.8 Å². The van der Waals surface area contributed by atoms with Gasteiger partial charge in [-0.3, -0.25) is 5.84 Å². The molecule has 5 heteroatoms. The minimum Gasteiger partial charge on any atom is -0.497 e. The van der Waals surface area contributed by atoms with Crippen molar-refractivity contribution in [2.75, 3.05) is 14.2 Å². The van der Waals surface area contributed by atoms with E-state index in [1.807, 2.05) is 0 Å². The molecule has 112 valence electrons. The van der Waals surface area contributed by atoms with E-state index in [1.54, 1.807) is 19.2 Å². The van der Waals surface area contributed by atoms with Crippen LogP contribution in [0.25, 0.3) is 0 Å². The molecule has 1 unspecified atom stereocenters. The van der Waals surface area contributed by atoms with Gasteiger partial charge in [-0.05, 0) is 18.9 Å². The lowest BCUT2D eigenvalue weighted by Gasteiger charge is -2.42. The Morgan fingerprint density at radius 1 is 1.25 bits per heavy atom. The Hall–Kier alpha value is -1.17. The highest BCUT2D eigenvalue weighted by atomic mass is 19.1. The van der Waals surface area contributed by atoms with Gasteiger partial charge in [-0.25, -0.2) is 9.82 Å². The second kappa shape index (κ2) is 6.52. The number of benzene rings is 1. The van der Waals surface area contributed by atoms with Crippen molar-refractivity contribution in [2.24, 2.45) is 5.84 Å². The second-order valence-corrected chi connectivity index (χ2v) is 5.32. The van der Waals surface area contributed by atoms with E-state index in [4.69, 9.17) is 15.3 Å². The summed E-state index contributed by atoms with van der Waals surface area (Å²) in [6, 6.07) is 4.48. The molecule has 0 saturated heterocycles. The van der Waals surface area contributed by atoms with Gasteiger partial charge in [-0.1, -0.05) is 25.3 Å². The van der Waals surface area contributed by atoms with Gasteiger partial charge in [0.05, 0.1) is 18.8 Å². The Labute approximate surface area is 119 Å². The molecule has 0 bridgehead atoms. The average Bonchev–Trinajstić information content (AvgIpc) is 2.50. The molecule has 0 radical (unpaired) electrons. The number of methoxy groups -OCH3 is 2. The van der Waals surface area contributed by atoms with Gasteiger partial charge in [0.1, 0.15) is 11.6 Å². The largest absolute Gasteiger partial charge is 0.497 e. The van der Waals surface area contributed by atoms with Gasteiger partial charge in [0, 0.05) is 18.7 Å². The highest BCUT2D eigenvalue weighted by Crippen LogP contribution is 2.41. The fourth-order valence-corrected chi connectivity index (χ4v) is 3.15. The lowest BCUT2D eigenvalue weighted by atomic mass is 9.76. The summed E-state index contributed by atoms with van der Waals surface area (Å²) in [6.45, 7) is 0. The van der Waals surface area contributed by atoms with Crippen molar-refractivity contribution in [1.82, 2.24) is 5.43 Å². The predicted molar refractivity (Wildman–Crippen MR) is 75.8 cm³/mol. The van der Waals surface area contributed by atoms with Crippen molar-refractivity contribution >= 4 is 0 Å². The molecular weight excluding hydrogens is 259 g/mol. The van der Waals surface area contributed by atoms with Crippen LogP contribution >= 0.6 is 0 Å². The molecule has 0 aromatic heterocycles. The second-order valence-electron chi connectivity index (χ2n) is 5.32. The summed E-state index contributed by atoms with van der Waals surface area (Å²) >= 11 is 0. The van der Waals surface area contributed by atoms with Gasteiger partial charge < -0.3 is 9.47 Å². The Balaban J connectivity index is 2.35. The topological polar surface area (TPSA) is 56.5 Å². The van der Waals surface area contributed by atoms with Gasteiger partial charge in [0.15, 0.2) is 0 Å². The molecule has 1 aromatic rings. The van der Waals surface area contributed by atoms with Crippen molar-refractivity contribution in [3.05, 3.63) is 29.6 Å². The fourth-order valence-electron chi connectivity index (χ4n) is 3.15. The molecular formula is C15H23FN2O2. The fraction of sp³-hybridized carbons (Fsp3) is 0.600. The highest BCUT2D eigenvalue weighted by molar-refractivity contribution is 5.32. The van der Waals surface area contributed by atoms with Crippen molar-refractivity contribution in [3.63, 3.8) is 0 Å². The van der Waals surface area contributed by atoms with Crippen LogP contribution in [0.15, 0.2) is 18.2 Å². The summed E-state index contributed by atoms with van der Waals surface area (Å²) < 4.78 is 25.1. The zero-order valence-electron chi connectivity index (χ0n) is 12.1. The van der Waals surface area contributed by atoms with E-state index in [2.05, 4.69) is 5.43 Å². The summed E-state index contributed by atoms with van der Waals surface area (Å²) in [5.74, 6) is 5.88. The van der Waals surface area contributed by atoms with Crippen LogP contribution in [0, 0.1) is 5.82 Å². The first-order valence-corrected chi connectivity index (χ1v) is 7.01. The van der Waals surface area contributed by atoms with Crippen molar-refractivity contribution in [3.8, 4) is 5.75 Å². The number of nitrogens with two attached hydrogens (primary N) is 1. The maximum Gasteiger partial charge on any atom is 0.131 e. The van der Waals surface area contributed by atoms with Crippen LogP contribution < -0.4 is 16.0 Å². The Kier molecular flexibility index (Phi) is 4.96. The van der Waals surface area contributed by atoms with Gasteiger partial charge in [0.25, 0.3) is 0 Å². The molecule has 0 aliphatic heterocycles. The molecule has 4 nitrogen and oxygen atoms in total. The Bertz CT molecular complexity index is 447. The summed E-state index contributed by atoms with van der Waals surface area (Å²) in [5.41, 5.74) is 2.84. The van der Waals surface area contributed by atoms with Crippen LogP contribution in [0.3, 0.4) is 0 Å².